The summed E-state index contributed by atoms with van der Waals surface area (Å²) in [4.78, 5) is 40.6. The quantitative estimate of drug-likeness (QED) is 0.193. The first-order valence-corrected chi connectivity index (χ1v) is 18.4. The highest BCUT2D eigenvalue weighted by Gasteiger charge is 2.34. The number of carbonyl (C=O) groups excluding carboxylic acids is 2. The standard InChI is InChI=1S/C34H51Cl2N9O4/c1-2-26-22-44(32-30(36)41-29(31(37)42-32)33(47)38-12-18-46)16-17-45(26)27-10-14-43(15-11-27)21-23-8-9-24(35)20-28(23)49-19-13-39-34(48)40-25-6-4-3-5-7-25/h8-9,20,25-27,46H,2-7,10-19,21-22H2,1H3,(H2,37,42)(H,38,47)(H2,39,40,48)/t26-/m0/s1. The number of halogens is 2. The number of nitrogens with zero attached hydrogens (tertiary/aromatic N) is 5. The van der Waals surface area contributed by atoms with E-state index in [-0.39, 0.29) is 41.9 Å². The summed E-state index contributed by atoms with van der Waals surface area (Å²) in [6.07, 6.45) is 8.80. The minimum absolute atomic E-state index is 0.0147. The highest BCUT2D eigenvalue weighted by Crippen LogP contribution is 2.31. The maximum Gasteiger partial charge on any atom is 0.315 e. The first kappa shape index (κ1) is 37.2. The second-order valence-electron chi connectivity index (χ2n) is 13.1. The number of aromatic nitrogens is 2. The first-order valence-electron chi connectivity index (χ1n) is 17.7. The zero-order chi connectivity index (χ0) is 34.8. The van der Waals surface area contributed by atoms with Gasteiger partial charge >= 0.3 is 6.03 Å². The van der Waals surface area contributed by atoms with Crippen LogP contribution in [0.2, 0.25) is 10.2 Å². The van der Waals surface area contributed by atoms with Crippen molar-refractivity contribution in [1.29, 1.82) is 0 Å². The highest BCUT2D eigenvalue weighted by atomic mass is 35.5. The largest absolute Gasteiger partial charge is 0.491 e. The average molecular weight is 721 g/mol. The molecule has 2 saturated heterocycles. The third-order valence-electron chi connectivity index (χ3n) is 9.81. The van der Waals surface area contributed by atoms with E-state index in [1.54, 1.807) is 0 Å². The number of piperazine rings is 1. The number of carbonyl (C=O) groups is 2. The summed E-state index contributed by atoms with van der Waals surface area (Å²) in [5.41, 5.74) is 7.15. The SMILES string of the molecule is CC[C@H]1CN(c2nc(N)c(C(=O)NCCO)nc2Cl)CCN1C1CCN(Cc2ccc(Cl)cc2OCCNC(=O)NC2CCCCC2)CC1. The molecule has 15 heteroatoms. The number of likely N-dealkylation sites (tertiary alicyclic amines) is 1. The van der Waals surface area contributed by atoms with Crippen molar-refractivity contribution < 1.29 is 19.4 Å². The number of nitrogens with one attached hydrogen (secondary N) is 3. The molecule has 6 N–H and O–H groups in total. The lowest BCUT2D eigenvalue weighted by Gasteiger charge is -2.47. The van der Waals surface area contributed by atoms with Crippen LogP contribution in [0.4, 0.5) is 16.4 Å². The first-order chi connectivity index (χ1) is 23.7. The van der Waals surface area contributed by atoms with Crippen molar-refractivity contribution in [2.75, 3.05) is 69.7 Å². The third kappa shape index (κ3) is 10.2. The van der Waals surface area contributed by atoms with Crippen LogP contribution in [0, 0.1) is 0 Å². The number of aliphatic hydroxyl groups is 1. The van der Waals surface area contributed by atoms with E-state index in [1.807, 2.05) is 18.2 Å². The number of benzene rings is 1. The molecule has 49 heavy (non-hydrogen) atoms. The van der Waals surface area contributed by atoms with Gasteiger partial charge in [0.2, 0.25) is 0 Å². The van der Waals surface area contributed by atoms with Crippen LogP contribution in [0.15, 0.2) is 18.2 Å². The van der Waals surface area contributed by atoms with Crippen LogP contribution in [-0.4, -0.2) is 114 Å². The molecule has 2 aromatic rings. The van der Waals surface area contributed by atoms with Gasteiger partial charge in [-0.15, -0.1) is 0 Å². The van der Waals surface area contributed by atoms with E-state index >= 15 is 0 Å². The minimum atomic E-state index is -0.516. The molecular weight excluding hydrogens is 669 g/mol. The maximum atomic E-state index is 12.3. The number of nitrogen functional groups attached to an aromatic ring is 1. The topological polar surface area (TPSA) is 161 Å². The van der Waals surface area contributed by atoms with Crippen molar-refractivity contribution in [3.63, 3.8) is 0 Å². The van der Waals surface area contributed by atoms with Crippen molar-refractivity contribution >= 4 is 46.8 Å². The normalized spacial score (nSPS) is 19.8. The summed E-state index contributed by atoms with van der Waals surface area (Å²) in [6, 6.07) is 6.73. The molecule has 0 unspecified atom stereocenters. The monoisotopic (exact) mass is 719 g/mol. The fourth-order valence-corrected chi connectivity index (χ4v) is 7.61. The summed E-state index contributed by atoms with van der Waals surface area (Å²) in [7, 11) is 0. The van der Waals surface area contributed by atoms with Gasteiger partial charge in [0.1, 0.15) is 12.4 Å². The lowest BCUT2D eigenvalue weighted by Crippen LogP contribution is -2.58. The van der Waals surface area contributed by atoms with Crippen LogP contribution < -0.4 is 31.3 Å². The number of hydrogen-bond acceptors (Lipinski definition) is 10. The zero-order valence-corrected chi connectivity index (χ0v) is 29.9. The fraction of sp³-hybridized carbons (Fsp3) is 0.647. The molecule has 1 aromatic heterocycles. The van der Waals surface area contributed by atoms with Gasteiger partial charge in [-0.05, 0) is 57.3 Å². The third-order valence-corrected chi connectivity index (χ3v) is 10.3. The number of amides is 3. The molecule has 1 atom stereocenters. The molecule has 0 bridgehead atoms. The molecule has 1 aromatic carbocycles. The van der Waals surface area contributed by atoms with E-state index in [1.165, 1.54) is 19.3 Å². The number of nitrogens with two attached hydrogens (primary N) is 1. The van der Waals surface area contributed by atoms with Gasteiger partial charge in [-0.2, -0.15) is 0 Å². The Kier molecular flexibility index (Phi) is 13.8. The van der Waals surface area contributed by atoms with Crippen molar-refractivity contribution in [2.24, 2.45) is 0 Å². The lowest BCUT2D eigenvalue weighted by molar-refractivity contribution is 0.0608. The highest BCUT2D eigenvalue weighted by molar-refractivity contribution is 6.32. The molecule has 3 aliphatic rings. The fourth-order valence-electron chi connectivity index (χ4n) is 7.20. The van der Waals surface area contributed by atoms with Crippen molar-refractivity contribution in [1.82, 2.24) is 35.7 Å². The second kappa shape index (κ2) is 18.2. The number of aliphatic hydroxyl groups excluding tert-OH is 1. The average Bonchev–Trinajstić information content (AvgIpc) is 3.11. The minimum Gasteiger partial charge on any atom is -0.491 e. The Morgan fingerprint density at radius 3 is 2.53 bits per heavy atom. The maximum absolute atomic E-state index is 12.3. The number of hydrogen-bond donors (Lipinski definition) is 5. The second-order valence-corrected chi connectivity index (χ2v) is 13.9. The van der Waals surface area contributed by atoms with Crippen LogP contribution in [0.3, 0.4) is 0 Å². The number of piperidine rings is 1. The molecule has 3 amide bonds. The summed E-state index contributed by atoms with van der Waals surface area (Å²) >= 11 is 12.9. The predicted molar refractivity (Wildman–Crippen MR) is 193 cm³/mol. The van der Waals surface area contributed by atoms with Crippen LogP contribution >= 0.6 is 23.2 Å². The molecule has 1 saturated carbocycles. The molecule has 3 fully saturated rings. The van der Waals surface area contributed by atoms with E-state index in [2.05, 4.69) is 47.5 Å². The molecule has 270 valence electrons. The van der Waals surface area contributed by atoms with Gasteiger partial charge in [-0.3, -0.25) is 14.6 Å². The molecule has 5 rings (SSSR count). The van der Waals surface area contributed by atoms with E-state index in [0.29, 0.717) is 36.1 Å². The van der Waals surface area contributed by atoms with Crippen LogP contribution in [0.1, 0.15) is 74.3 Å². The Morgan fingerprint density at radius 1 is 1.02 bits per heavy atom. The van der Waals surface area contributed by atoms with Crippen molar-refractivity contribution in [3.8, 4) is 5.75 Å². The number of anilines is 2. The zero-order valence-electron chi connectivity index (χ0n) is 28.4. The molecule has 0 spiro atoms. The molecule has 2 aliphatic heterocycles. The number of ether oxygens (including phenoxy) is 1. The Morgan fingerprint density at radius 2 is 1.80 bits per heavy atom. The Hall–Kier alpha value is -3.10. The number of rotatable bonds is 13. The number of urea groups is 1. The molecule has 1 aliphatic carbocycles. The van der Waals surface area contributed by atoms with Gasteiger partial charge in [-0.25, -0.2) is 14.8 Å². The smallest absolute Gasteiger partial charge is 0.315 e. The van der Waals surface area contributed by atoms with E-state index in [4.69, 9.17) is 38.8 Å². The van der Waals surface area contributed by atoms with E-state index in [9.17, 15) is 9.59 Å². The summed E-state index contributed by atoms with van der Waals surface area (Å²) in [5, 5.41) is 18.3. The van der Waals surface area contributed by atoms with Crippen LogP contribution in [0.25, 0.3) is 0 Å². The van der Waals surface area contributed by atoms with Crippen molar-refractivity contribution in [3.05, 3.63) is 39.6 Å². The Bertz CT molecular complexity index is 1410. The van der Waals surface area contributed by atoms with Gasteiger partial charge < -0.3 is 36.4 Å². The Balaban J connectivity index is 1.09. The van der Waals surface area contributed by atoms with Crippen LogP contribution in [0.5, 0.6) is 5.75 Å². The van der Waals surface area contributed by atoms with Gasteiger partial charge in [0.25, 0.3) is 5.91 Å². The molecular formula is C34H51Cl2N9O4. The summed E-state index contributed by atoms with van der Waals surface area (Å²) < 4.78 is 6.12. The predicted octanol–water partition coefficient (Wildman–Crippen LogP) is 3.66. The lowest BCUT2D eigenvalue weighted by atomic mass is 9.96. The summed E-state index contributed by atoms with van der Waals surface area (Å²) in [6.45, 7) is 7.93. The van der Waals surface area contributed by atoms with E-state index in [0.717, 1.165) is 82.7 Å². The van der Waals surface area contributed by atoms with Crippen molar-refractivity contribution in [2.45, 2.75) is 83.0 Å². The molecule has 13 nitrogen and oxygen atoms in total. The molecule has 0 radical (unpaired) electrons. The Labute approximate surface area is 299 Å². The summed E-state index contributed by atoms with van der Waals surface area (Å²) in [5.74, 6) is 0.747. The van der Waals surface area contributed by atoms with Gasteiger partial charge in [0.15, 0.2) is 22.5 Å². The van der Waals surface area contributed by atoms with Gasteiger partial charge in [0, 0.05) is 61.4 Å². The van der Waals surface area contributed by atoms with Gasteiger partial charge in [0.05, 0.1) is 13.2 Å². The van der Waals surface area contributed by atoms with E-state index < -0.39 is 5.91 Å². The van der Waals surface area contributed by atoms with Crippen LogP contribution in [-0.2, 0) is 6.54 Å². The van der Waals surface area contributed by atoms with Gasteiger partial charge in [-0.1, -0.05) is 55.5 Å². The molecule has 3 heterocycles.